The molecule has 0 aliphatic carbocycles. The molecule has 0 bridgehead atoms. The van der Waals surface area contributed by atoms with Gasteiger partial charge >= 0.3 is 0 Å². The monoisotopic (exact) mass is 360 g/mol. The third-order valence-corrected chi connectivity index (χ3v) is 3.92. The first-order chi connectivity index (χ1) is 8.11. The Morgan fingerprint density at radius 2 is 2.00 bits per heavy atom. The van der Waals surface area contributed by atoms with Crippen LogP contribution < -0.4 is 5.56 Å². The molecular weight excluding hydrogens is 351 g/mol. The van der Waals surface area contributed by atoms with Crippen LogP contribution in [0.5, 0.6) is 5.88 Å². The van der Waals surface area contributed by atoms with Crippen LogP contribution in [0.3, 0.4) is 0 Å². The Morgan fingerprint density at radius 1 is 1.35 bits per heavy atom. The van der Waals surface area contributed by atoms with E-state index in [1.54, 1.807) is 34.4 Å². The molecule has 2 rings (SSSR count). The van der Waals surface area contributed by atoms with E-state index in [0.29, 0.717) is 5.82 Å². The number of nitrogens with one attached hydrogen (secondary N) is 1. The van der Waals surface area contributed by atoms with Gasteiger partial charge in [-0.3, -0.25) is 4.79 Å². The van der Waals surface area contributed by atoms with Crippen LogP contribution in [0.15, 0.2) is 34.0 Å². The van der Waals surface area contributed by atoms with Crippen LogP contribution in [0.1, 0.15) is 0 Å². The zero-order valence-corrected chi connectivity index (χ0v) is 11.9. The first-order valence-corrected chi connectivity index (χ1v) is 7.05. The molecule has 0 saturated heterocycles. The number of nitrogens with zero attached hydrogens (tertiary/aromatic N) is 1. The first kappa shape index (κ1) is 12.4. The number of H-pyrrole nitrogens is 1. The Bertz CT molecular complexity index is 595. The van der Waals surface area contributed by atoms with E-state index in [1.807, 2.05) is 30.5 Å². The van der Waals surface area contributed by atoms with Crippen molar-refractivity contribution >= 4 is 34.4 Å². The van der Waals surface area contributed by atoms with Gasteiger partial charge in [0.15, 0.2) is 0 Å². The number of rotatable bonds is 2. The van der Waals surface area contributed by atoms with E-state index >= 15 is 0 Å². The van der Waals surface area contributed by atoms with Crippen molar-refractivity contribution in [1.82, 2.24) is 9.97 Å². The molecule has 1 aromatic carbocycles. The van der Waals surface area contributed by atoms with Crippen molar-refractivity contribution in [2.45, 2.75) is 4.90 Å². The van der Waals surface area contributed by atoms with Crippen molar-refractivity contribution in [3.8, 4) is 17.3 Å². The number of thioether (sulfide) groups is 1. The molecule has 1 heterocycles. The van der Waals surface area contributed by atoms with E-state index in [4.69, 9.17) is 0 Å². The second-order valence-electron chi connectivity index (χ2n) is 3.28. The zero-order chi connectivity index (χ0) is 12.4. The van der Waals surface area contributed by atoms with Gasteiger partial charge in [-0.15, -0.1) is 11.8 Å². The van der Waals surface area contributed by atoms with Gasteiger partial charge in [-0.2, -0.15) is 4.98 Å². The molecule has 0 radical (unpaired) electrons. The highest BCUT2D eigenvalue weighted by atomic mass is 127. The maximum Gasteiger partial charge on any atom is 0.268 e. The molecule has 2 aromatic rings. The Hall–Kier alpha value is -1.02. The summed E-state index contributed by atoms with van der Waals surface area (Å²) in [6, 6.07) is 7.59. The predicted molar refractivity (Wildman–Crippen MR) is 76.5 cm³/mol. The van der Waals surface area contributed by atoms with Crippen LogP contribution in [-0.2, 0) is 0 Å². The Morgan fingerprint density at radius 3 is 2.53 bits per heavy atom. The van der Waals surface area contributed by atoms with Crippen molar-refractivity contribution in [3.63, 3.8) is 0 Å². The van der Waals surface area contributed by atoms with Gasteiger partial charge in [0.2, 0.25) is 5.88 Å². The fourth-order valence-corrected chi connectivity index (χ4v) is 2.00. The van der Waals surface area contributed by atoms with E-state index in [9.17, 15) is 9.90 Å². The lowest BCUT2D eigenvalue weighted by atomic mass is 10.2. The van der Waals surface area contributed by atoms with Gasteiger partial charge in [-0.25, -0.2) is 0 Å². The lowest BCUT2D eigenvalue weighted by molar-refractivity contribution is 0.447. The van der Waals surface area contributed by atoms with Gasteiger partial charge in [0, 0.05) is 10.5 Å². The molecule has 6 heteroatoms. The molecule has 0 aliphatic rings. The van der Waals surface area contributed by atoms with Gasteiger partial charge in [0.1, 0.15) is 9.39 Å². The molecule has 0 amide bonds. The largest absolute Gasteiger partial charge is 0.492 e. The molecule has 88 valence electrons. The van der Waals surface area contributed by atoms with Crippen molar-refractivity contribution in [1.29, 1.82) is 0 Å². The van der Waals surface area contributed by atoms with E-state index in [1.165, 1.54) is 0 Å². The summed E-state index contributed by atoms with van der Waals surface area (Å²) in [7, 11) is 0. The standard InChI is InChI=1S/C11H9IN2O2S/c1-17-7-4-2-6(3-5-7)9-13-10(15)8(12)11(16)14-9/h2-5H,1H3,(H2,13,14,15,16). The summed E-state index contributed by atoms with van der Waals surface area (Å²) in [4.78, 5) is 19.2. The van der Waals surface area contributed by atoms with E-state index < -0.39 is 0 Å². The summed E-state index contributed by atoms with van der Waals surface area (Å²) >= 11 is 3.40. The van der Waals surface area contributed by atoms with Crippen LogP contribution in [-0.4, -0.2) is 21.3 Å². The van der Waals surface area contributed by atoms with Crippen molar-refractivity contribution in [2.24, 2.45) is 0 Å². The quantitative estimate of drug-likeness (QED) is 0.638. The van der Waals surface area contributed by atoms with Crippen LogP contribution in [0.2, 0.25) is 0 Å². The van der Waals surface area contributed by atoms with E-state index in [-0.39, 0.29) is 15.0 Å². The first-order valence-electron chi connectivity index (χ1n) is 4.75. The highest BCUT2D eigenvalue weighted by Gasteiger charge is 2.08. The van der Waals surface area contributed by atoms with Crippen molar-refractivity contribution in [2.75, 3.05) is 6.26 Å². The van der Waals surface area contributed by atoms with Crippen molar-refractivity contribution in [3.05, 3.63) is 38.2 Å². The van der Waals surface area contributed by atoms with E-state index in [0.717, 1.165) is 10.5 Å². The van der Waals surface area contributed by atoms with Crippen molar-refractivity contribution < 1.29 is 5.11 Å². The molecule has 0 atom stereocenters. The summed E-state index contributed by atoms with van der Waals surface area (Å²) in [5.74, 6) is 0.138. The SMILES string of the molecule is CSc1ccc(-c2nc(O)c(I)c(=O)[nH]2)cc1. The lowest BCUT2D eigenvalue weighted by Crippen LogP contribution is -2.12. The fraction of sp³-hybridized carbons (Fsp3) is 0.0909. The van der Waals surface area contributed by atoms with E-state index in [2.05, 4.69) is 9.97 Å². The summed E-state index contributed by atoms with van der Waals surface area (Å²) < 4.78 is 0.201. The van der Waals surface area contributed by atoms with Gasteiger partial charge in [-0.1, -0.05) is 12.1 Å². The highest BCUT2D eigenvalue weighted by molar-refractivity contribution is 14.1. The minimum atomic E-state index is -0.331. The molecule has 0 spiro atoms. The smallest absolute Gasteiger partial charge is 0.268 e. The zero-order valence-electron chi connectivity index (χ0n) is 8.90. The second kappa shape index (κ2) is 5.09. The van der Waals surface area contributed by atoms with Gasteiger partial charge in [0.05, 0.1) is 0 Å². The normalized spacial score (nSPS) is 10.5. The fourth-order valence-electron chi connectivity index (χ4n) is 1.33. The number of benzene rings is 1. The molecule has 4 nitrogen and oxygen atoms in total. The Kier molecular flexibility index (Phi) is 3.72. The average Bonchev–Trinajstić information content (AvgIpc) is 2.35. The van der Waals surface area contributed by atoms with Gasteiger partial charge in [0.25, 0.3) is 5.56 Å². The minimum Gasteiger partial charge on any atom is -0.492 e. The Labute approximate surface area is 116 Å². The Balaban J connectivity index is 2.49. The highest BCUT2D eigenvalue weighted by Crippen LogP contribution is 2.21. The van der Waals surface area contributed by atoms with Crippen LogP contribution >= 0.6 is 34.4 Å². The third-order valence-electron chi connectivity index (χ3n) is 2.21. The minimum absolute atomic E-state index is 0.201. The van der Waals surface area contributed by atoms with Gasteiger partial charge < -0.3 is 10.1 Å². The predicted octanol–water partition coefficient (Wildman–Crippen LogP) is 2.47. The number of halogens is 1. The maximum atomic E-state index is 11.5. The van der Waals surface area contributed by atoms with Crippen LogP contribution in [0.25, 0.3) is 11.4 Å². The molecule has 2 N–H and O–H groups in total. The molecule has 1 aromatic heterocycles. The van der Waals surface area contributed by atoms with Crippen LogP contribution in [0, 0.1) is 3.57 Å². The lowest BCUT2D eigenvalue weighted by Gasteiger charge is -2.03. The molecule has 0 saturated carbocycles. The maximum absolute atomic E-state index is 11.5. The number of hydrogen-bond donors (Lipinski definition) is 2. The summed E-state index contributed by atoms with van der Waals surface area (Å²) in [5, 5.41) is 9.50. The third kappa shape index (κ3) is 2.63. The summed E-state index contributed by atoms with van der Waals surface area (Å²) in [6.45, 7) is 0. The number of hydrogen-bond acceptors (Lipinski definition) is 4. The molecular formula is C11H9IN2O2S. The molecule has 0 unspecified atom stereocenters. The molecule has 0 aliphatic heterocycles. The summed E-state index contributed by atoms with van der Waals surface area (Å²) in [6.07, 6.45) is 1.99. The number of aromatic amines is 1. The van der Waals surface area contributed by atoms with Gasteiger partial charge in [-0.05, 0) is 41.0 Å². The summed E-state index contributed by atoms with van der Waals surface area (Å²) in [5.41, 5.74) is 0.439. The topological polar surface area (TPSA) is 66.0 Å². The number of aromatic hydroxyl groups is 1. The number of aromatic nitrogens is 2. The molecule has 17 heavy (non-hydrogen) atoms. The molecule has 0 fully saturated rings. The second-order valence-corrected chi connectivity index (χ2v) is 5.24. The van der Waals surface area contributed by atoms with Crippen LogP contribution in [0.4, 0.5) is 0 Å². The average molecular weight is 360 g/mol.